The van der Waals surface area contributed by atoms with Gasteiger partial charge in [-0.3, -0.25) is 0 Å². The Labute approximate surface area is 124 Å². The Bertz CT molecular complexity index is 631. The van der Waals surface area contributed by atoms with Crippen LogP contribution in [0, 0.1) is 25.2 Å². The van der Waals surface area contributed by atoms with Gasteiger partial charge >= 0.3 is 0 Å². The van der Waals surface area contributed by atoms with Crippen LogP contribution in [0.3, 0.4) is 0 Å². The molecule has 0 saturated heterocycles. The zero-order valence-electron chi connectivity index (χ0n) is 11.7. The fourth-order valence-corrected chi connectivity index (χ4v) is 2.77. The van der Waals surface area contributed by atoms with Gasteiger partial charge in [0, 0.05) is 10.6 Å². The number of nitrogens with zero attached hydrogens (tertiary/aromatic N) is 1. The van der Waals surface area contributed by atoms with E-state index in [0.29, 0.717) is 12.2 Å². The van der Waals surface area contributed by atoms with E-state index in [1.54, 1.807) is 23.9 Å². The molecular formula is C17H17NOS. The molecule has 2 rings (SSSR count). The van der Waals surface area contributed by atoms with Crippen LogP contribution in [0.2, 0.25) is 0 Å². The van der Waals surface area contributed by atoms with Crippen LogP contribution in [0.1, 0.15) is 16.7 Å². The largest absolute Gasteiger partial charge is 0.493 e. The molecule has 0 bridgehead atoms. The van der Waals surface area contributed by atoms with Crippen LogP contribution in [0.5, 0.6) is 5.75 Å². The van der Waals surface area contributed by atoms with E-state index in [-0.39, 0.29) is 0 Å². The molecule has 0 atom stereocenters. The van der Waals surface area contributed by atoms with Crippen LogP contribution in [-0.4, -0.2) is 12.4 Å². The van der Waals surface area contributed by atoms with Gasteiger partial charge in [-0.25, -0.2) is 0 Å². The monoisotopic (exact) mass is 283 g/mol. The summed E-state index contributed by atoms with van der Waals surface area (Å²) in [6, 6.07) is 15.9. The minimum atomic E-state index is 0.629. The molecule has 2 nitrogen and oxygen atoms in total. The molecule has 0 aliphatic rings. The van der Waals surface area contributed by atoms with Crippen molar-refractivity contribution >= 4 is 11.8 Å². The lowest BCUT2D eigenvalue weighted by molar-refractivity contribution is 0.344. The van der Waals surface area contributed by atoms with Crippen molar-refractivity contribution in [2.24, 2.45) is 0 Å². The summed E-state index contributed by atoms with van der Waals surface area (Å²) in [5.74, 6) is 1.64. The molecule has 0 amide bonds. The second-order valence-corrected chi connectivity index (χ2v) is 5.74. The van der Waals surface area contributed by atoms with Gasteiger partial charge in [-0.1, -0.05) is 23.8 Å². The molecule has 3 heteroatoms. The summed E-state index contributed by atoms with van der Waals surface area (Å²) in [5, 5.41) is 8.83. The highest BCUT2D eigenvalue weighted by atomic mass is 32.2. The number of ether oxygens (including phenoxy) is 1. The zero-order valence-corrected chi connectivity index (χ0v) is 12.5. The number of rotatable bonds is 5. The van der Waals surface area contributed by atoms with E-state index in [4.69, 9.17) is 10.00 Å². The Morgan fingerprint density at radius 3 is 2.75 bits per heavy atom. The van der Waals surface area contributed by atoms with E-state index >= 15 is 0 Å². The summed E-state index contributed by atoms with van der Waals surface area (Å²) in [5.41, 5.74) is 3.22. The predicted molar refractivity (Wildman–Crippen MR) is 83.3 cm³/mol. The summed E-state index contributed by atoms with van der Waals surface area (Å²) in [4.78, 5) is 1.30. The maximum absolute atomic E-state index is 8.83. The van der Waals surface area contributed by atoms with Crippen LogP contribution in [0.15, 0.2) is 47.4 Å². The lowest BCUT2D eigenvalue weighted by atomic mass is 10.2. The van der Waals surface area contributed by atoms with Gasteiger partial charge in [0.25, 0.3) is 0 Å². The molecule has 0 spiro atoms. The quantitative estimate of drug-likeness (QED) is 0.604. The second kappa shape index (κ2) is 7.02. The average molecular weight is 283 g/mol. The first-order valence-corrected chi connectivity index (χ1v) is 7.50. The Balaban J connectivity index is 1.83. The maximum Gasteiger partial charge on any atom is 0.120 e. The van der Waals surface area contributed by atoms with E-state index in [2.05, 4.69) is 38.1 Å². The van der Waals surface area contributed by atoms with Crippen molar-refractivity contribution in [1.82, 2.24) is 0 Å². The predicted octanol–water partition coefficient (Wildman–Crippen LogP) is 4.35. The van der Waals surface area contributed by atoms with E-state index in [1.807, 2.05) is 12.1 Å². The molecular weight excluding hydrogens is 266 g/mol. The summed E-state index contributed by atoms with van der Waals surface area (Å²) < 4.78 is 5.66. The van der Waals surface area contributed by atoms with Gasteiger partial charge in [-0.15, -0.1) is 11.8 Å². The number of hydrogen-bond donors (Lipinski definition) is 0. The van der Waals surface area contributed by atoms with Crippen LogP contribution < -0.4 is 4.74 Å². The number of hydrogen-bond acceptors (Lipinski definition) is 3. The number of benzene rings is 2. The van der Waals surface area contributed by atoms with Crippen molar-refractivity contribution in [3.8, 4) is 11.8 Å². The van der Waals surface area contributed by atoms with Crippen molar-refractivity contribution in [3.05, 3.63) is 59.2 Å². The molecule has 0 unspecified atom stereocenters. The van der Waals surface area contributed by atoms with Crippen molar-refractivity contribution in [3.63, 3.8) is 0 Å². The highest BCUT2D eigenvalue weighted by molar-refractivity contribution is 7.99. The Morgan fingerprint density at radius 1 is 1.15 bits per heavy atom. The molecule has 0 aliphatic heterocycles. The Hall–Kier alpha value is -1.92. The lowest BCUT2D eigenvalue weighted by Gasteiger charge is -2.08. The van der Waals surface area contributed by atoms with Gasteiger partial charge in [0.2, 0.25) is 0 Å². The summed E-state index contributed by atoms with van der Waals surface area (Å²) in [6.45, 7) is 4.87. The molecule has 0 fully saturated rings. The number of aryl methyl sites for hydroxylation is 2. The standard InChI is InChI=1S/C17H17NOS/c1-13-6-7-17(14(2)10-13)20-9-8-19-16-5-3-4-15(11-16)12-18/h3-7,10-11H,8-9H2,1-2H3. The molecule has 0 radical (unpaired) electrons. The van der Waals surface area contributed by atoms with Crippen LogP contribution in [-0.2, 0) is 0 Å². The molecule has 0 aliphatic carbocycles. The molecule has 102 valence electrons. The minimum Gasteiger partial charge on any atom is -0.493 e. The highest BCUT2D eigenvalue weighted by Gasteiger charge is 2.00. The molecule has 0 aromatic heterocycles. The van der Waals surface area contributed by atoms with Gasteiger partial charge in [0.05, 0.1) is 18.2 Å². The average Bonchev–Trinajstić information content (AvgIpc) is 2.45. The van der Waals surface area contributed by atoms with Crippen LogP contribution in [0.25, 0.3) is 0 Å². The minimum absolute atomic E-state index is 0.629. The maximum atomic E-state index is 8.83. The summed E-state index contributed by atoms with van der Waals surface area (Å²) in [6.07, 6.45) is 0. The molecule has 2 aromatic carbocycles. The Kier molecular flexibility index (Phi) is 5.09. The Morgan fingerprint density at radius 2 is 2.00 bits per heavy atom. The fraction of sp³-hybridized carbons (Fsp3) is 0.235. The first-order chi connectivity index (χ1) is 9.69. The first kappa shape index (κ1) is 14.5. The highest BCUT2D eigenvalue weighted by Crippen LogP contribution is 2.23. The second-order valence-electron chi connectivity index (χ2n) is 4.61. The van der Waals surface area contributed by atoms with E-state index < -0.39 is 0 Å². The van der Waals surface area contributed by atoms with Gasteiger partial charge in [-0.05, 0) is 43.7 Å². The molecule has 20 heavy (non-hydrogen) atoms. The third-order valence-electron chi connectivity index (χ3n) is 2.90. The lowest BCUT2D eigenvalue weighted by Crippen LogP contribution is -2.00. The molecule has 0 saturated carbocycles. The smallest absolute Gasteiger partial charge is 0.120 e. The normalized spacial score (nSPS) is 10.1. The third-order valence-corrected chi connectivity index (χ3v) is 4.04. The zero-order chi connectivity index (χ0) is 14.4. The number of thioether (sulfide) groups is 1. The molecule has 0 N–H and O–H groups in total. The van der Waals surface area contributed by atoms with E-state index in [9.17, 15) is 0 Å². The topological polar surface area (TPSA) is 33.0 Å². The first-order valence-electron chi connectivity index (χ1n) is 6.52. The van der Waals surface area contributed by atoms with Gasteiger partial charge < -0.3 is 4.74 Å². The van der Waals surface area contributed by atoms with E-state index in [1.165, 1.54) is 16.0 Å². The van der Waals surface area contributed by atoms with Gasteiger partial charge in [0.15, 0.2) is 0 Å². The fourth-order valence-electron chi connectivity index (χ4n) is 1.93. The van der Waals surface area contributed by atoms with Crippen LogP contribution >= 0.6 is 11.8 Å². The van der Waals surface area contributed by atoms with Gasteiger partial charge in [-0.2, -0.15) is 5.26 Å². The third kappa shape index (κ3) is 4.04. The van der Waals surface area contributed by atoms with Crippen molar-refractivity contribution in [2.75, 3.05) is 12.4 Å². The SMILES string of the molecule is Cc1ccc(SCCOc2cccc(C#N)c2)c(C)c1. The summed E-state index contributed by atoms with van der Waals surface area (Å²) in [7, 11) is 0. The van der Waals surface area contributed by atoms with Crippen molar-refractivity contribution < 1.29 is 4.74 Å². The van der Waals surface area contributed by atoms with E-state index in [0.717, 1.165) is 11.5 Å². The number of nitriles is 1. The van der Waals surface area contributed by atoms with Crippen molar-refractivity contribution in [1.29, 1.82) is 5.26 Å². The molecule has 0 heterocycles. The van der Waals surface area contributed by atoms with Crippen molar-refractivity contribution in [2.45, 2.75) is 18.7 Å². The van der Waals surface area contributed by atoms with Gasteiger partial charge in [0.1, 0.15) is 5.75 Å². The van der Waals surface area contributed by atoms with Crippen LogP contribution in [0.4, 0.5) is 0 Å². The molecule has 2 aromatic rings. The summed E-state index contributed by atoms with van der Waals surface area (Å²) >= 11 is 1.79.